The smallest absolute Gasteiger partial charge is 0.123 e. The third-order valence-corrected chi connectivity index (χ3v) is 3.17. The van der Waals surface area contributed by atoms with Crippen LogP contribution in [0.15, 0.2) is 48.5 Å². The van der Waals surface area contributed by atoms with Crippen molar-refractivity contribution in [1.82, 2.24) is 0 Å². The number of hydrogen-bond acceptors (Lipinski definition) is 3. The zero-order valence-corrected chi connectivity index (χ0v) is 12.1. The third kappa shape index (κ3) is 4.35. The molecule has 0 atom stereocenters. The molecule has 0 amide bonds. The fourth-order valence-electron chi connectivity index (χ4n) is 1.86. The molecule has 2 rings (SSSR count). The largest absolute Gasteiger partial charge is 0.394 e. The predicted octanol–water partition coefficient (Wildman–Crippen LogP) is 2.77. The lowest BCUT2D eigenvalue weighted by atomic mass is 9.77. The molecular formula is C17H17F2NO2. The van der Waals surface area contributed by atoms with Crippen molar-refractivity contribution >= 4 is 0 Å². The number of hydrogen-bond donors (Lipinski definition) is 2. The maximum absolute atomic E-state index is 12.9. The zero-order chi connectivity index (χ0) is 16.6. The quantitative estimate of drug-likeness (QED) is 0.916. The van der Waals surface area contributed by atoms with Crippen LogP contribution in [0, 0.1) is 23.0 Å². The fraction of sp³-hybridized carbons (Fsp3) is 0.235. The molecule has 0 saturated carbocycles. The number of benzene rings is 2. The second-order valence-electron chi connectivity index (χ2n) is 4.70. The number of nitrogens with zero attached hydrogens (tertiary/aromatic N) is 1. The highest BCUT2D eigenvalue weighted by Crippen LogP contribution is 2.31. The van der Waals surface area contributed by atoms with Gasteiger partial charge in [0.05, 0.1) is 19.3 Å². The van der Waals surface area contributed by atoms with E-state index in [0.29, 0.717) is 11.1 Å². The van der Waals surface area contributed by atoms with Crippen LogP contribution in [0.4, 0.5) is 8.78 Å². The number of rotatable bonds is 3. The van der Waals surface area contributed by atoms with E-state index >= 15 is 0 Å². The van der Waals surface area contributed by atoms with Crippen molar-refractivity contribution in [3.05, 3.63) is 71.3 Å². The molecule has 0 fully saturated rings. The van der Waals surface area contributed by atoms with E-state index in [2.05, 4.69) is 6.07 Å². The minimum absolute atomic E-state index is 0.125. The summed E-state index contributed by atoms with van der Waals surface area (Å²) in [6.07, 6.45) is 0. The van der Waals surface area contributed by atoms with Crippen molar-refractivity contribution in [2.75, 3.05) is 13.2 Å². The molecule has 0 aliphatic rings. The van der Waals surface area contributed by atoms with E-state index in [1.54, 1.807) is 31.2 Å². The van der Waals surface area contributed by atoms with Crippen LogP contribution in [0.25, 0.3) is 0 Å². The molecule has 2 N–H and O–H groups in total. The topological polar surface area (TPSA) is 64.2 Å². The first-order valence-corrected chi connectivity index (χ1v) is 6.63. The summed E-state index contributed by atoms with van der Waals surface area (Å²) >= 11 is 0. The number of halogens is 2. The second kappa shape index (κ2) is 8.23. The Morgan fingerprint density at radius 3 is 1.41 bits per heavy atom. The van der Waals surface area contributed by atoms with Crippen LogP contribution in [-0.2, 0) is 5.41 Å². The fourth-order valence-corrected chi connectivity index (χ4v) is 1.86. The van der Waals surface area contributed by atoms with E-state index in [0.717, 1.165) is 0 Å². The van der Waals surface area contributed by atoms with Gasteiger partial charge in [0, 0.05) is 0 Å². The van der Waals surface area contributed by atoms with Gasteiger partial charge in [-0.1, -0.05) is 24.3 Å². The van der Waals surface area contributed by atoms with E-state index in [4.69, 9.17) is 10.2 Å². The molecule has 116 valence electrons. The Kier molecular flexibility index (Phi) is 6.64. The van der Waals surface area contributed by atoms with Crippen LogP contribution in [0.2, 0.25) is 0 Å². The maximum Gasteiger partial charge on any atom is 0.123 e. The standard InChI is InChI=1S/C15H11F2N.C2H6O2/c1-15(10-18,11-2-6-13(16)7-3-11)12-4-8-14(17)9-5-12;3-1-2-4/h2-9H,1H3;3-4H,1-2H2. The van der Waals surface area contributed by atoms with E-state index in [9.17, 15) is 14.0 Å². The van der Waals surface area contributed by atoms with Gasteiger partial charge in [-0.05, 0) is 42.3 Å². The molecule has 0 radical (unpaired) electrons. The molecule has 0 spiro atoms. The molecular weight excluding hydrogens is 288 g/mol. The minimum atomic E-state index is -0.915. The van der Waals surface area contributed by atoms with E-state index < -0.39 is 5.41 Å². The first-order chi connectivity index (χ1) is 10.5. The highest BCUT2D eigenvalue weighted by Gasteiger charge is 2.28. The molecule has 0 bridgehead atoms. The van der Waals surface area contributed by atoms with E-state index in [1.807, 2.05) is 0 Å². The number of aliphatic hydroxyl groups is 2. The Morgan fingerprint density at radius 1 is 0.864 bits per heavy atom. The van der Waals surface area contributed by atoms with Crippen molar-refractivity contribution in [2.45, 2.75) is 12.3 Å². The lowest BCUT2D eigenvalue weighted by Gasteiger charge is -2.22. The molecule has 3 nitrogen and oxygen atoms in total. The SMILES string of the molecule is CC(C#N)(c1ccc(F)cc1)c1ccc(F)cc1.OCCO. The Hall–Kier alpha value is -2.29. The van der Waals surface area contributed by atoms with Crippen LogP contribution in [0.1, 0.15) is 18.1 Å². The molecule has 0 unspecified atom stereocenters. The summed E-state index contributed by atoms with van der Waals surface area (Å²) in [6.45, 7) is 1.48. The van der Waals surface area contributed by atoms with Gasteiger partial charge in [0.2, 0.25) is 0 Å². The van der Waals surface area contributed by atoms with Crippen molar-refractivity contribution in [2.24, 2.45) is 0 Å². The summed E-state index contributed by atoms with van der Waals surface area (Å²) < 4.78 is 25.8. The van der Waals surface area contributed by atoms with Gasteiger partial charge in [0.15, 0.2) is 0 Å². The summed E-state index contributed by atoms with van der Waals surface area (Å²) in [4.78, 5) is 0. The predicted molar refractivity (Wildman–Crippen MR) is 79.0 cm³/mol. The van der Waals surface area contributed by atoms with Crippen LogP contribution < -0.4 is 0 Å². The Balaban J connectivity index is 0.000000541. The zero-order valence-electron chi connectivity index (χ0n) is 12.1. The summed E-state index contributed by atoms with van der Waals surface area (Å²) in [7, 11) is 0. The van der Waals surface area contributed by atoms with Gasteiger partial charge in [0.1, 0.15) is 17.0 Å². The van der Waals surface area contributed by atoms with Gasteiger partial charge >= 0.3 is 0 Å². The summed E-state index contributed by atoms with van der Waals surface area (Å²) in [6, 6.07) is 13.7. The van der Waals surface area contributed by atoms with Crippen molar-refractivity contribution < 1.29 is 19.0 Å². The third-order valence-electron chi connectivity index (χ3n) is 3.17. The van der Waals surface area contributed by atoms with Crippen molar-refractivity contribution in [3.63, 3.8) is 0 Å². The highest BCUT2D eigenvalue weighted by atomic mass is 19.1. The Labute approximate surface area is 128 Å². The average molecular weight is 305 g/mol. The van der Waals surface area contributed by atoms with Gasteiger partial charge in [-0.15, -0.1) is 0 Å². The molecule has 5 heteroatoms. The van der Waals surface area contributed by atoms with Gasteiger partial charge in [-0.3, -0.25) is 0 Å². The molecule has 0 heterocycles. The molecule has 0 aliphatic heterocycles. The Bertz CT molecular complexity index is 571. The van der Waals surface area contributed by atoms with Crippen LogP contribution >= 0.6 is 0 Å². The highest BCUT2D eigenvalue weighted by molar-refractivity contribution is 5.44. The second-order valence-corrected chi connectivity index (χ2v) is 4.70. The molecule has 0 aromatic heterocycles. The first kappa shape index (κ1) is 17.8. The van der Waals surface area contributed by atoms with Crippen LogP contribution in [0.5, 0.6) is 0 Å². The molecule has 2 aromatic rings. The summed E-state index contributed by atoms with van der Waals surface area (Å²) in [5, 5.41) is 24.6. The van der Waals surface area contributed by atoms with E-state index in [1.165, 1.54) is 24.3 Å². The van der Waals surface area contributed by atoms with Gasteiger partial charge in [-0.2, -0.15) is 5.26 Å². The monoisotopic (exact) mass is 305 g/mol. The molecule has 0 saturated heterocycles. The molecule has 2 aromatic carbocycles. The summed E-state index contributed by atoms with van der Waals surface area (Å²) in [5.41, 5.74) is 0.442. The van der Waals surface area contributed by atoms with Crippen molar-refractivity contribution in [3.8, 4) is 6.07 Å². The van der Waals surface area contributed by atoms with Crippen molar-refractivity contribution in [1.29, 1.82) is 5.26 Å². The minimum Gasteiger partial charge on any atom is -0.394 e. The van der Waals surface area contributed by atoms with Gasteiger partial charge < -0.3 is 10.2 Å². The normalized spacial score (nSPS) is 10.4. The van der Waals surface area contributed by atoms with Gasteiger partial charge in [-0.25, -0.2) is 8.78 Å². The molecule has 0 aliphatic carbocycles. The van der Waals surface area contributed by atoms with Crippen LogP contribution in [0.3, 0.4) is 0 Å². The lowest BCUT2D eigenvalue weighted by Crippen LogP contribution is -2.21. The van der Waals surface area contributed by atoms with Gasteiger partial charge in [0.25, 0.3) is 0 Å². The van der Waals surface area contributed by atoms with Crippen LogP contribution in [-0.4, -0.2) is 23.4 Å². The Morgan fingerprint density at radius 2 is 1.18 bits per heavy atom. The first-order valence-electron chi connectivity index (χ1n) is 6.63. The lowest BCUT2D eigenvalue weighted by molar-refractivity contribution is 0.186. The number of aliphatic hydroxyl groups excluding tert-OH is 2. The molecule has 22 heavy (non-hydrogen) atoms. The van der Waals surface area contributed by atoms with E-state index in [-0.39, 0.29) is 24.8 Å². The number of nitriles is 1. The summed E-state index contributed by atoms with van der Waals surface area (Å²) in [5.74, 6) is -0.698. The maximum atomic E-state index is 12.9. The average Bonchev–Trinajstić information content (AvgIpc) is 2.55.